The average Bonchev–Trinajstić information content (AvgIpc) is 2.27. The van der Waals surface area contributed by atoms with Gasteiger partial charge in [0.25, 0.3) is 0 Å². The number of carbonyl (C=O) groups is 1. The lowest BCUT2D eigenvalue weighted by molar-refractivity contribution is -0.141. The van der Waals surface area contributed by atoms with Gasteiger partial charge in [0, 0.05) is 0 Å². The van der Waals surface area contributed by atoms with E-state index in [1.807, 2.05) is 0 Å². The summed E-state index contributed by atoms with van der Waals surface area (Å²) in [7, 11) is 0. The SMILES string of the molecule is CC1CCCC2CCCC(C(C)(C)CC(=O)O)C12. The smallest absolute Gasteiger partial charge is 0.303 e. The van der Waals surface area contributed by atoms with Crippen molar-refractivity contribution in [1.82, 2.24) is 0 Å². The molecule has 0 amide bonds. The molecular weight excluding hydrogens is 224 g/mol. The van der Waals surface area contributed by atoms with Gasteiger partial charge in [-0.2, -0.15) is 0 Å². The predicted octanol–water partition coefficient (Wildman–Crippen LogP) is 4.34. The fourth-order valence-corrected chi connectivity index (χ4v) is 4.84. The summed E-state index contributed by atoms with van der Waals surface area (Å²) in [5.74, 6) is 2.43. The Hall–Kier alpha value is -0.530. The van der Waals surface area contributed by atoms with Gasteiger partial charge in [-0.1, -0.05) is 52.9 Å². The largest absolute Gasteiger partial charge is 0.481 e. The van der Waals surface area contributed by atoms with Crippen LogP contribution in [0, 0.1) is 29.1 Å². The molecule has 2 rings (SSSR count). The Balaban J connectivity index is 2.16. The number of hydrogen-bond acceptors (Lipinski definition) is 1. The molecule has 2 aliphatic carbocycles. The summed E-state index contributed by atoms with van der Waals surface area (Å²) < 4.78 is 0. The van der Waals surface area contributed by atoms with Gasteiger partial charge in [-0.25, -0.2) is 0 Å². The lowest BCUT2D eigenvalue weighted by Gasteiger charge is -2.50. The van der Waals surface area contributed by atoms with Crippen LogP contribution < -0.4 is 0 Å². The number of fused-ring (bicyclic) bond motifs is 1. The second-order valence-electron chi connectivity index (χ2n) is 7.34. The van der Waals surface area contributed by atoms with Crippen molar-refractivity contribution in [1.29, 1.82) is 0 Å². The van der Waals surface area contributed by atoms with Crippen LogP contribution in [0.2, 0.25) is 0 Å². The molecule has 0 spiro atoms. The number of carboxylic acids is 1. The Morgan fingerprint density at radius 1 is 1.17 bits per heavy atom. The minimum absolute atomic E-state index is 0.0409. The van der Waals surface area contributed by atoms with Gasteiger partial charge in [0.15, 0.2) is 0 Å². The van der Waals surface area contributed by atoms with Crippen molar-refractivity contribution in [3.05, 3.63) is 0 Å². The molecule has 0 aliphatic heterocycles. The third-order valence-electron chi connectivity index (χ3n) is 5.60. The third kappa shape index (κ3) is 2.73. The summed E-state index contributed by atoms with van der Waals surface area (Å²) in [5, 5.41) is 9.14. The maximum Gasteiger partial charge on any atom is 0.303 e. The van der Waals surface area contributed by atoms with Crippen molar-refractivity contribution in [3.63, 3.8) is 0 Å². The standard InChI is InChI=1S/C16H28O2/c1-11-6-4-7-12-8-5-9-13(15(11)12)16(2,3)10-14(17)18/h11-13,15H,4-10H2,1-3H3,(H,17,18). The molecule has 2 saturated carbocycles. The first-order valence-electron chi connectivity index (χ1n) is 7.63. The van der Waals surface area contributed by atoms with Gasteiger partial charge in [0.05, 0.1) is 6.42 Å². The molecule has 0 heterocycles. The lowest BCUT2D eigenvalue weighted by Crippen LogP contribution is -2.43. The lowest BCUT2D eigenvalue weighted by atomic mass is 9.54. The van der Waals surface area contributed by atoms with Crippen molar-refractivity contribution in [2.24, 2.45) is 29.1 Å². The van der Waals surface area contributed by atoms with Crippen LogP contribution in [0.15, 0.2) is 0 Å². The first kappa shape index (κ1) is 13.9. The van der Waals surface area contributed by atoms with E-state index in [1.165, 1.54) is 38.5 Å². The highest BCUT2D eigenvalue weighted by Crippen LogP contribution is 2.53. The van der Waals surface area contributed by atoms with Crippen molar-refractivity contribution >= 4 is 5.97 Å². The summed E-state index contributed by atoms with van der Waals surface area (Å²) >= 11 is 0. The highest BCUT2D eigenvalue weighted by Gasteiger charge is 2.45. The number of carboxylic acid groups (broad SMARTS) is 1. The van der Waals surface area contributed by atoms with Crippen LogP contribution in [0.4, 0.5) is 0 Å². The minimum Gasteiger partial charge on any atom is -0.481 e. The average molecular weight is 252 g/mol. The summed E-state index contributed by atoms with van der Waals surface area (Å²) in [5.41, 5.74) is -0.0409. The van der Waals surface area contributed by atoms with E-state index in [4.69, 9.17) is 5.11 Å². The summed E-state index contributed by atoms with van der Waals surface area (Å²) in [6.45, 7) is 6.75. The fraction of sp³-hybridized carbons (Fsp3) is 0.938. The van der Waals surface area contributed by atoms with Gasteiger partial charge >= 0.3 is 5.97 Å². The molecule has 4 atom stereocenters. The van der Waals surface area contributed by atoms with E-state index in [1.54, 1.807) is 0 Å². The maximum atomic E-state index is 11.1. The fourth-order valence-electron chi connectivity index (χ4n) is 4.84. The molecule has 0 saturated heterocycles. The van der Waals surface area contributed by atoms with Crippen LogP contribution in [0.25, 0.3) is 0 Å². The molecule has 0 bridgehead atoms. The zero-order valence-electron chi connectivity index (χ0n) is 12.1. The summed E-state index contributed by atoms with van der Waals surface area (Å²) in [6.07, 6.45) is 8.37. The first-order valence-corrected chi connectivity index (χ1v) is 7.63. The molecule has 104 valence electrons. The highest BCUT2D eigenvalue weighted by molar-refractivity contribution is 5.67. The minimum atomic E-state index is -0.634. The van der Waals surface area contributed by atoms with E-state index in [0.29, 0.717) is 12.3 Å². The van der Waals surface area contributed by atoms with Crippen LogP contribution in [-0.4, -0.2) is 11.1 Å². The summed E-state index contributed by atoms with van der Waals surface area (Å²) in [4.78, 5) is 11.1. The van der Waals surface area contributed by atoms with Gasteiger partial charge in [-0.3, -0.25) is 4.79 Å². The molecule has 4 unspecified atom stereocenters. The zero-order chi connectivity index (χ0) is 13.3. The quantitative estimate of drug-likeness (QED) is 0.811. The molecule has 0 aromatic heterocycles. The van der Waals surface area contributed by atoms with E-state index in [9.17, 15) is 4.79 Å². The van der Waals surface area contributed by atoms with Crippen molar-refractivity contribution in [3.8, 4) is 0 Å². The third-order valence-corrected chi connectivity index (χ3v) is 5.60. The normalized spacial score (nSPS) is 37.1. The highest BCUT2D eigenvalue weighted by atomic mass is 16.4. The van der Waals surface area contributed by atoms with Gasteiger partial charge < -0.3 is 5.11 Å². The molecule has 2 aliphatic rings. The van der Waals surface area contributed by atoms with Gasteiger partial charge in [0.2, 0.25) is 0 Å². The molecule has 0 aromatic carbocycles. The second-order valence-corrected chi connectivity index (χ2v) is 7.34. The van der Waals surface area contributed by atoms with Gasteiger partial charge in [0.1, 0.15) is 0 Å². The Labute approximate surface area is 111 Å². The first-order chi connectivity index (χ1) is 8.42. The zero-order valence-corrected chi connectivity index (χ0v) is 12.1. The van der Waals surface area contributed by atoms with E-state index in [-0.39, 0.29) is 5.41 Å². The van der Waals surface area contributed by atoms with Crippen molar-refractivity contribution < 1.29 is 9.90 Å². The monoisotopic (exact) mass is 252 g/mol. The molecule has 1 N–H and O–H groups in total. The van der Waals surface area contributed by atoms with Gasteiger partial charge in [-0.05, 0) is 35.5 Å². The van der Waals surface area contributed by atoms with Crippen LogP contribution in [0.1, 0.15) is 65.7 Å². The Morgan fingerprint density at radius 3 is 2.39 bits per heavy atom. The Bertz CT molecular complexity index is 306. The van der Waals surface area contributed by atoms with E-state index < -0.39 is 5.97 Å². The van der Waals surface area contributed by atoms with Crippen LogP contribution in [-0.2, 0) is 4.79 Å². The molecule has 2 heteroatoms. The van der Waals surface area contributed by atoms with Crippen LogP contribution >= 0.6 is 0 Å². The van der Waals surface area contributed by atoms with Crippen molar-refractivity contribution in [2.75, 3.05) is 0 Å². The number of aliphatic carboxylic acids is 1. The molecule has 0 aromatic rings. The van der Waals surface area contributed by atoms with E-state index in [0.717, 1.165) is 17.8 Å². The summed E-state index contributed by atoms with van der Waals surface area (Å²) in [6, 6.07) is 0. The predicted molar refractivity (Wildman–Crippen MR) is 73.4 cm³/mol. The molecule has 18 heavy (non-hydrogen) atoms. The maximum absolute atomic E-state index is 11.1. The molecular formula is C16H28O2. The Morgan fingerprint density at radius 2 is 1.78 bits per heavy atom. The number of rotatable bonds is 3. The molecule has 2 nitrogen and oxygen atoms in total. The molecule has 0 radical (unpaired) electrons. The van der Waals surface area contributed by atoms with Gasteiger partial charge in [-0.15, -0.1) is 0 Å². The van der Waals surface area contributed by atoms with E-state index >= 15 is 0 Å². The van der Waals surface area contributed by atoms with Crippen molar-refractivity contribution in [2.45, 2.75) is 65.7 Å². The van der Waals surface area contributed by atoms with Crippen LogP contribution in [0.5, 0.6) is 0 Å². The molecule has 2 fully saturated rings. The second kappa shape index (κ2) is 5.22. The topological polar surface area (TPSA) is 37.3 Å². The Kier molecular flexibility index (Phi) is 4.03. The number of hydrogen-bond donors (Lipinski definition) is 1. The van der Waals surface area contributed by atoms with Crippen LogP contribution in [0.3, 0.4) is 0 Å². The van der Waals surface area contributed by atoms with E-state index in [2.05, 4.69) is 20.8 Å².